The van der Waals surface area contributed by atoms with E-state index in [2.05, 4.69) is 33.8 Å². The van der Waals surface area contributed by atoms with E-state index in [1.165, 1.54) is 6.92 Å². The molecule has 4 aliphatic heterocycles. The van der Waals surface area contributed by atoms with Gasteiger partial charge in [-0.15, -0.1) is 0 Å². The molecule has 24 heteroatoms. The van der Waals surface area contributed by atoms with Crippen LogP contribution < -0.4 is 0 Å². The maximum atomic E-state index is 15.3. The SMILES string of the molecule is CC1OC(OC2C(OC(=O)C34CCC(C)(C)C[C@@H]3C3=CC[C@@H]5[C@@]6(C)CC(O)C(OC7OC(CO)C(O)C(O)C7O)C(CO)(CO)[C@H]6CC[C@@]5(C)[C@]3(C)CC4O)OCC(O)C2O)C(O)C(O)C1OC1OCC(O)C(O)C1O. The summed E-state index contributed by atoms with van der Waals surface area (Å²) in [6.45, 7) is 9.08. The topological polar surface area (TPSA) is 394 Å². The number of aliphatic hydroxyl groups excluding tert-OH is 15. The minimum atomic E-state index is -1.91. The predicted octanol–water partition coefficient (Wildman–Crippen LogP) is -3.84. The molecule has 4 saturated carbocycles. The number of rotatable bonds is 11. The summed E-state index contributed by atoms with van der Waals surface area (Å²) < 4.78 is 47.0. The highest BCUT2D eigenvalue weighted by atomic mass is 16.8. The van der Waals surface area contributed by atoms with E-state index in [1.807, 2.05) is 6.92 Å². The predicted molar refractivity (Wildman–Crippen MR) is 255 cm³/mol. The van der Waals surface area contributed by atoms with Gasteiger partial charge in [0.1, 0.15) is 78.7 Å². The van der Waals surface area contributed by atoms with Gasteiger partial charge in [0.2, 0.25) is 6.29 Å². The van der Waals surface area contributed by atoms with E-state index in [0.717, 1.165) is 5.57 Å². The highest BCUT2D eigenvalue weighted by molar-refractivity contribution is 5.80. The van der Waals surface area contributed by atoms with Crippen LogP contribution in [0.1, 0.15) is 92.9 Å². The van der Waals surface area contributed by atoms with Crippen molar-refractivity contribution in [3.8, 4) is 0 Å². The Hall–Kier alpha value is -1.67. The van der Waals surface area contributed by atoms with Crippen LogP contribution in [-0.4, -0.2) is 245 Å². The average molecular weight is 1090 g/mol. The summed E-state index contributed by atoms with van der Waals surface area (Å²) >= 11 is 0. The van der Waals surface area contributed by atoms with Crippen molar-refractivity contribution in [2.24, 2.45) is 50.2 Å². The van der Waals surface area contributed by atoms with Crippen molar-refractivity contribution in [1.29, 1.82) is 0 Å². The zero-order valence-electron chi connectivity index (χ0n) is 44.0. The molecule has 9 aliphatic rings. The van der Waals surface area contributed by atoms with Crippen LogP contribution in [0.25, 0.3) is 0 Å². The van der Waals surface area contributed by atoms with Gasteiger partial charge in [0.05, 0.1) is 57.5 Å². The van der Waals surface area contributed by atoms with E-state index < -0.39 is 207 Å². The first-order chi connectivity index (χ1) is 35.6. The second-order valence-corrected chi connectivity index (χ2v) is 25.4. The standard InChI is InChI=1S/C52H84O24/c1-21-39(73-42-36(65)31(60)25(57)17-69-42)35(64)38(67)43(71-21)74-40-32(61)26(58)18-70-45(40)76-46(68)52-12-11-47(2,3)13-23(52)22-7-8-28-48(4)14-24(56)41(75-44-37(66)34(63)33(62)27(16-53)72-44)51(19-54,20-55)29(48)9-10-49(28,5)50(22,6)15-30(52)59/h7,21,23-45,53-67H,8-20H2,1-6H3/t21?,23-,24?,25?,26?,27?,28-,29+,30?,31?,32?,33?,34?,35?,36?,37?,38?,39?,40?,41?,42?,43?,44?,45?,48-,49-,50-,52?/m1/s1. The van der Waals surface area contributed by atoms with Gasteiger partial charge in [-0.25, -0.2) is 0 Å². The summed E-state index contributed by atoms with van der Waals surface area (Å²) in [6.07, 6.45) is -28.2. The average Bonchev–Trinajstić information content (AvgIpc) is 3.56. The first-order valence-electron chi connectivity index (χ1n) is 27.0. The molecule has 24 nitrogen and oxygen atoms in total. The molecule has 15 N–H and O–H groups in total. The molecule has 436 valence electrons. The Bertz CT molecular complexity index is 2090. The lowest BCUT2D eigenvalue weighted by Gasteiger charge is -2.72. The Morgan fingerprint density at radius 1 is 0.618 bits per heavy atom. The van der Waals surface area contributed by atoms with E-state index >= 15 is 4.79 Å². The summed E-state index contributed by atoms with van der Waals surface area (Å²) in [7, 11) is 0. The third-order valence-corrected chi connectivity index (χ3v) is 20.8. The number of carbonyl (C=O) groups excluding carboxylic acids is 1. The third kappa shape index (κ3) is 9.17. The third-order valence-electron chi connectivity index (χ3n) is 20.8. The number of aliphatic hydroxyl groups is 15. The normalized spacial score (nSPS) is 54.0. The fraction of sp³-hybridized carbons (Fsp3) is 0.942. The molecule has 0 aromatic carbocycles. The monoisotopic (exact) mass is 1090 g/mol. The van der Waals surface area contributed by atoms with Crippen molar-refractivity contribution in [2.75, 3.05) is 33.0 Å². The smallest absolute Gasteiger partial charge is 0.317 e. The minimum absolute atomic E-state index is 0.103. The van der Waals surface area contributed by atoms with Gasteiger partial charge < -0.3 is 114 Å². The number of hydrogen-bond donors (Lipinski definition) is 15. The van der Waals surface area contributed by atoms with Gasteiger partial charge in [-0.2, -0.15) is 0 Å². The largest absolute Gasteiger partial charge is 0.432 e. The highest BCUT2D eigenvalue weighted by Gasteiger charge is 2.74. The van der Waals surface area contributed by atoms with E-state index in [1.54, 1.807) is 0 Å². The highest BCUT2D eigenvalue weighted by Crippen LogP contribution is 2.76. The summed E-state index contributed by atoms with van der Waals surface area (Å²) in [5.74, 6) is -2.14. The number of esters is 1. The number of allylic oxidation sites excluding steroid dienone is 2. The molecular weight excluding hydrogens is 1010 g/mol. The quantitative estimate of drug-likeness (QED) is 0.0535. The van der Waals surface area contributed by atoms with Crippen LogP contribution in [0.4, 0.5) is 0 Å². The second kappa shape index (κ2) is 21.3. The first kappa shape index (κ1) is 59.0. The second-order valence-electron chi connectivity index (χ2n) is 25.4. The van der Waals surface area contributed by atoms with Gasteiger partial charge >= 0.3 is 5.97 Å². The Morgan fingerprint density at radius 2 is 1.22 bits per heavy atom. The van der Waals surface area contributed by atoms with E-state index in [-0.39, 0.29) is 30.6 Å². The lowest BCUT2D eigenvalue weighted by Crippen LogP contribution is -2.71. The molecule has 0 aromatic rings. The molecule has 8 fully saturated rings. The van der Waals surface area contributed by atoms with E-state index in [4.69, 9.17) is 37.9 Å². The van der Waals surface area contributed by atoms with E-state index in [0.29, 0.717) is 32.1 Å². The number of fused-ring (bicyclic) bond motifs is 7. The zero-order chi connectivity index (χ0) is 55.6. The van der Waals surface area contributed by atoms with Gasteiger partial charge in [0.15, 0.2) is 25.0 Å². The van der Waals surface area contributed by atoms with Crippen LogP contribution >= 0.6 is 0 Å². The Balaban J connectivity index is 0.971. The van der Waals surface area contributed by atoms with Crippen LogP contribution in [0.3, 0.4) is 0 Å². The molecule has 76 heavy (non-hydrogen) atoms. The summed E-state index contributed by atoms with van der Waals surface area (Å²) in [5.41, 5.74) is -4.60. The number of ether oxygens (including phenoxy) is 8. The van der Waals surface area contributed by atoms with Gasteiger partial charge in [0.25, 0.3) is 0 Å². The van der Waals surface area contributed by atoms with Gasteiger partial charge in [-0.05, 0) is 97.7 Å². The van der Waals surface area contributed by atoms with E-state index in [9.17, 15) is 76.6 Å². The molecule has 4 saturated heterocycles. The van der Waals surface area contributed by atoms with Crippen LogP contribution in [0, 0.1) is 50.2 Å². The molecule has 0 bridgehead atoms. The van der Waals surface area contributed by atoms with Crippen LogP contribution in [-0.2, 0) is 42.7 Å². The Labute approximate surface area is 441 Å². The minimum Gasteiger partial charge on any atom is -0.432 e. The zero-order valence-corrected chi connectivity index (χ0v) is 44.0. The summed E-state index contributed by atoms with van der Waals surface area (Å²) in [5, 5.41) is 165. The van der Waals surface area contributed by atoms with Crippen molar-refractivity contribution in [1.82, 2.24) is 0 Å². The Kier molecular flexibility index (Phi) is 16.5. The van der Waals surface area contributed by atoms with Crippen molar-refractivity contribution in [2.45, 2.75) is 222 Å². The molecular formula is C52H84O24. The fourth-order valence-corrected chi connectivity index (χ4v) is 16.2. The van der Waals surface area contributed by atoms with Crippen LogP contribution in [0.5, 0.6) is 0 Å². The first-order valence-corrected chi connectivity index (χ1v) is 27.0. The molecule has 4 heterocycles. The van der Waals surface area contributed by atoms with Crippen LogP contribution in [0.2, 0.25) is 0 Å². The molecule has 0 amide bonds. The van der Waals surface area contributed by atoms with Gasteiger partial charge in [-0.3, -0.25) is 4.79 Å². The molecule has 0 spiro atoms. The molecule has 22 unspecified atom stereocenters. The molecule has 5 aliphatic carbocycles. The molecule has 0 radical (unpaired) electrons. The molecule has 9 rings (SSSR count). The van der Waals surface area contributed by atoms with Crippen molar-refractivity contribution in [3.05, 3.63) is 11.6 Å². The lowest BCUT2D eigenvalue weighted by molar-refractivity contribution is -0.369. The van der Waals surface area contributed by atoms with Gasteiger partial charge in [0, 0.05) is 5.41 Å². The molecule has 0 aromatic heterocycles. The summed E-state index contributed by atoms with van der Waals surface area (Å²) in [6, 6.07) is 0. The summed E-state index contributed by atoms with van der Waals surface area (Å²) in [4.78, 5) is 15.3. The fourth-order valence-electron chi connectivity index (χ4n) is 16.2. The maximum absolute atomic E-state index is 15.3. The number of carbonyl (C=O) groups is 1. The van der Waals surface area contributed by atoms with Crippen molar-refractivity contribution in [3.63, 3.8) is 0 Å². The maximum Gasteiger partial charge on any atom is 0.317 e. The van der Waals surface area contributed by atoms with Crippen LogP contribution in [0.15, 0.2) is 11.6 Å². The number of hydrogen-bond acceptors (Lipinski definition) is 24. The van der Waals surface area contributed by atoms with Gasteiger partial charge in [-0.1, -0.05) is 46.3 Å². The molecule has 28 atom stereocenters. The lowest BCUT2D eigenvalue weighted by atomic mass is 9.33. The van der Waals surface area contributed by atoms with Crippen molar-refractivity contribution < 1.29 is 119 Å². The van der Waals surface area contributed by atoms with Crippen molar-refractivity contribution >= 4 is 5.97 Å². The Morgan fingerprint density at radius 3 is 1.88 bits per heavy atom.